The number of aromatic carboxylic acids is 1. The molecule has 0 unspecified atom stereocenters. The Labute approximate surface area is 104 Å². The van der Waals surface area contributed by atoms with Gasteiger partial charge in [0, 0.05) is 17.3 Å². The highest BCUT2D eigenvalue weighted by atomic mass is 16.4. The quantitative estimate of drug-likeness (QED) is 0.743. The van der Waals surface area contributed by atoms with Gasteiger partial charge >= 0.3 is 5.97 Å². The first-order valence-corrected chi connectivity index (χ1v) is 5.96. The number of rotatable bonds is 2. The molecule has 1 heterocycles. The number of benzene rings is 2. The molecular formula is C15H13NO2. The summed E-state index contributed by atoms with van der Waals surface area (Å²) < 4.78 is 1.86. The summed E-state index contributed by atoms with van der Waals surface area (Å²) in [6.45, 7) is 2.62. The first kappa shape index (κ1) is 10.8. The monoisotopic (exact) mass is 239 g/mol. The second-order valence-electron chi connectivity index (χ2n) is 4.30. The van der Waals surface area contributed by atoms with Gasteiger partial charge < -0.3 is 9.67 Å². The average molecular weight is 239 g/mol. The normalized spacial score (nSPS) is 11.2. The summed E-state index contributed by atoms with van der Waals surface area (Å²) in [5, 5.41) is 12.5. The van der Waals surface area contributed by atoms with Crippen molar-refractivity contribution < 1.29 is 9.90 Å². The van der Waals surface area contributed by atoms with E-state index in [1.165, 1.54) is 0 Å². The van der Waals surface area contributed by atoms with Crippen molar-refractivity contribution in [1.82, 2.24) is 4.57 Å². The Morgan fingerprint density at radius 3 is 2.61 bits per heavy atom. The number of aryl methyl sites for hydroxylation is 1. The third kappa shape index (κ3) is 1.40. The van der Waals surface area contributed by atoms with Crippen molar-refractivity contribution in [3.63, 3.8) is 0 Å². The minimum Gasteiger partial charge on any atom is -0.477 e. The van der Waals surface area contributed by atoms with Gasteiger partial charge in [0.05, 0.1) is 5.52 Å². The number of hydrogen-bond acceptors (Lipinski definition) is 1. The zero-order valence-electron chi connectivity index (χ0n) is 10.1. The Kier molecular flexibility index (Phi) is 2.33. The largest absolute Gasteiger partial charge is 0.477 e. The molecule has 0 radical (unpaired) electrons. The number of aromatic nitrogens is 1. The first-order chi connectivity index (χ1) is 8.72. The van der Waals surface area contributed by atoms with Crippen LogP contribution < -0.4 is 0 Å². The minimum absolute atomic E-state index is 0.351. The Bertz CT molecular complexity index is 756. The molecule has 2 aromatic carbocycles. The van der Waals surface area contributed by atoms with E-state index in [9.17, 15) is 9.90 Å². The van der Waals surface area contributed by atoms with E-state index in [4.69, 9.17) is 0 Å². The third-order valence-corrected chi connectivity index (χ3v) is 3.32. The number of fused-ring (bicyclic) bond motifs is 3. The van der Waals surface area contributed by atoms with Gasteiger partial charge in [-0.2, -0.15) is 0 Å². The summed E-state index contributed by atoms with van der Waals surface area (Å²) in [6.07, 6.45) is 0. The lowest BCUT2D eigenvalue weighted by Gasteiger charge is -2.07. The van der Waals surface area contributed by atoms with Gasteiger partial charge in [-0.05, 0) is 18.4 Å². The van der Waals surface area contributed by atoms with Gasteiger partial charge in [0.25, 0.3) is 0 Å². The van der Waals surface area contributed by atoms with Crippen LogP contribution in [0, 0.1) is 0 Å². The second kappa shape index (κ2) is 3.88. The minimum atomic E-state index is -0.878. The molecule has 0 saturated carbocycles. The molecule has 0 amide bonds. The molecule has 1 N–H and O–H groups in total. The van der Waals surface area contributed by atoms with E-state index in [2.05, 4.69) is 0 Å². The van der Waals surface area contributed by atoms with Crippen molar-refractivity contribution in [2.24, 2.45) is 0 Å². The van der Waals surface area contributed by atoms with E-state index in [1.54, 1.807) is 6.07 Å². The van der Waals surface area contributed by atoms with E-state index < -0.39 is 5.97 Å². The lowest BCUT2D eigenvalue weighted by molar-refractivity contribution is 0.0686. The van der Waals surface area contributed by atoms with Gasteiger partial charge in [-0.3, -0.25) is 0 Å². The van der Waals surface area contributed by atoms with Gasteiger partial charge in [-0.25, -0.2) is 4.79 Å². The van der Waals surface area contributed by atoms with E-state index in [-0.39, 0.29) is 0 Å². The summed E-state index contributed by atoms with van der Waals surface area (Å²) in [7, 11) is 0. The van der Waals surface area contributed by atoms with Crippen molar-refractivity contribution in [3.8, 4) is 0 Å². The summed E-state index contributed by atoms with van der Waals surface area (Å²) in [6, 6.07) is 13.8. The Hall–Kier alpha value is -2.29. The first-order valence-electron chi connectivity index (χ1n) is 5.96. The number of carboxylic acids is 1. The molecule has 90 valence electrons. The van der Waals surface area contributed by atoms with Gasteiger partial charge in [-0.1, -0.05) is 36.4 Å². The number of hydrogen-bond donors (Lipinski definition) is 1. The lowest BCUT2D eigenvalue weighted by atomic mass is 10.1. The highest BCUT2D eigenvalue weighted by molar-refractivity contribution is 6.08. The smallest absolute Gasteiger partial charge is 0.352 e. The Morgan fingerprint density at radius 2 is 1.89 bits per heavy atom. The van der Waals surface area contributed by atoms with Crippen LogP contribution in [0.3, 0.4) is 0 Å². The zero-order chi connectivity index (χ0) is 12.7. The summed E-state index contributed by atoms with van der Waals surface area (Å²) >= 11 is 0. The molecule has 3 rings (SSSR count). The van der Waals surface area contributed by atoms with Crippen LogP contribution in [0.5, 0.6) is 0 Å². The summed E-state index contributed by atoms with van der Waals surface area (Å²) in [5.41, 5.74) is 1.36. The van der Waals surface area contributed by atoms with Crippen molar-refractivity contribution >= 4 is 27.6 Å². The molecule has 0 fully saturated rings. The predicted octanol–water partition coefficient (Wildman–Crippen LogP) is 3.51. The van der Waals surface area contributed by atoms with Gasteiger partial charge in [-0.15, -0.1) is 0 Å². The Balaban J connectivity index is 2.52. The SMILES string of the molecule is CCn1c(C(=O)O)cc2ccc3ccccc3c21. The lowest BCUT2D eigenvalue weighted by Crippen LogP contribution is -2.06. The van der Waals surface area contributed by atoms with Gasteiger partial charge in [0.1, 0.15) is 5.69 Å². The molecule has 1 aromatic heterocycles. The molecule has 0 aliphatic carbocycles. The number of nitrogens with zero attached hydrogens (tertiary/aromatic N) is 1. The maximum atomic E-state index is 11.3. The van der Waals surface area contributed by atoms with Crippen molar-refractivity contribution in [1.29, 1.82) is 0 Å². The molecule has 0 aliphatic heterocycles. The van der Waals surface area contributed by atoms with Crippen LogP contribution >= 0.6 is 0 Å². The second-order valence-corrected chi connectivity index (χ2v) is 4.30. The zero-order valence-corrected chi connectivity index (χ0v) is 10.1. The molecule has 18 heavy (non-hydrogen) atoms. The molecule has 3 nitrogen and oxygen atoms in total. The van der Waals surface area contributed by atoms with E-state index >= 15 is 0 Å². The average Bonchev–Trinajstić information content (AvgIpc) is 2.77. The van der Waals surface area contributed by atoms with Crippen molar-refractivity contribution in [2.75, 3.05) is 0 Å². The summed E-state index contributed by atoms with van der Waals surface area (Å²) in [4.78, 5) is 11.3. The fraction of sp³-hybridized carbons (Fsp3) is 0.133. The Morgan fingerprint density at radius 1 is 1.17 bits per heavy atom. The molecule has 0 atom stereocenters. The van der Waals surface area contributed by atoms with E-state index in [0.29, 0.717) is 12.2 Å². The van der Waals surface area contributed by atoms with Crippen molar-refractivity contribution in [3.05, 3.63) is 48.2 Å². The predicted molar refractivity (Wildman–Crippen MR) is 72.1 cm³/mol. The van der Waals surface area contributed by atoms with Crippen LogP contribution in [0.4, 0.5) is 0 Å². The van der Waals surface area contributed by atoms with Crippen LogP contribution in [-0.4, -0.2) is 15.6 Å². The van der Waals surface area contributed by atoms with Crippen LogP contribution in [0.15, 0.2) is 42.5 Å². The van der Waals surface area contributed by atoms with E-state index in [0.717, 1.165) is 21.7 Å². The van der Waals surface area contributed by atoms with Gasteiger partial charge in [0.15, 0.2) is 0 Å². The molecular weight excluding hydrogens is 226 g/mol. The van der Waals surface area contributed by atoms with Crippen LogP contribution in [0.1, 0.15) is 17.4 Å². The molecule has 0 bridgehead atoms. The molecule has 3 aromatic rings. The van der Waals surface area contributed by atoms with Crippen LogP contribution in [0.25, 0.3) is 21.7 Å². The maximum Gasteiger partial charge on any atom is 0.352 e. The highest BCUT2D eigenvalue weighted by Crippen LogP contribution is 2.28. The number of carbonyl (C=O) groups is 1. The van der Waals surface area contributed by atoms with Crippen LogP contribution in [0.2, 0.25) is 0 Å². The molecule has 0 saturated heterocycles. The molecule has 3 heteroatoms. The maximum absolute atomic E-state index is 11.3. The fourth-order valence-corrected chi connectivity index (χ4v) is 2.54. The molecule has 0 aliphatic rings. The summed E-state index contributed by atoms with van der Waals surface area (Å²) in [5.74, 6) is -0.878. The fourth-order valence-electron chi connectivity index (χ4n) is 2.54. The van der Waals surface area contributed by atoms with E-state index in [1.807, 2.05) is 47.9 Å². The molecule has 0 spiro atoms. The van der Waals surface area contributed by atoms with Crippen molar-refractivity contribution in [2.45, 2.75) is 13.5 Å². The standard InChI is InChI=1S/C15H13NO2/c1-2-16-13(15(17)18)9-11-8-7-10-5-3-4-6-12(10)14(11)16/h3-9H,2H2,1H3,(H,17,18). The third-order valence-electron chi connectivity index (χ3n) is 3.32. The number of carboxylic acid groups (broad SMARTS) is 1. The van der Waals surface area contributed by atoms with Crippen LogP contribution in [-0.2, 0) is 6.54 Å². The highest BCUT2D eigenvalue weighted by Gasteiger charge is 2.14. The topological polar surface area (TPSA) is 42.2 Å². The van der Waals surface area contributed by atoms with Gasteiger partial charge in [0.2, 0.25) is 0 Å².